The normalized spacial score (nSPS) is 19.6. The maximum absolute atomic E-state index is 14.3. The van der Waals surface area contributed by atoms with Crippen LogP contribution in [-0.4, -0.2) is 120 Å². The van der Waals surface area contributed by atoms with Gasteiger partial charge in [0.1, 0.15) is 50.3 Å². The summed E-state index contributed by atoms with van der Waals surface area (Å²) in [6, 6.07) is 0. The Hall–Kier alpha value is -4.19. The second-order valence-electron chi connectivity index (χ2n) is 34.7. The number of hydrogen-bond donors (Lipinski definition) is 3. The van der Waals surface area contributed by atoms with Gasteiger partial charge in [0, 0.05) is 32.1 Å². The lowest BCUT2D eigenvalue weighted by Gasteiger charge is -2.45. The Morgan fingerprint density at radius 3 is 0.797 bits per heavy atom. The van der Waals surface area contributed by atoms with E-state index in [0.717, 1.165) is 193 Å². The number of carbonyl (C=O) groups is 5. The highest BCUT2D eigenvalue weighted by molar-refractivity contribution is 5.71. The molecule has 2 fully saturated rings. The van der Waals surface area contributed by atoms with Crippen molar-refractivity contribution in [3.05, 3.63) is 60.8 Å². The van der Waals surface area contributed by atoms with E-state index in [9.17, 15) is 39.3 Å². The Morgan fingerprint density at radius 1 is 0.271 bits per heavy atom. The summed E-state index contributed by atoms with van der Waals surface area (Å²) in [6.07, 6.45) is 80.3. The summed E-state index contributed by atoms with van der Waals surface area (Å²) in [4.78, 5) is 69.5. The van der Waals surface area contributed by atoms with Crippen LogP contribution in [0.15, 0.2) is 60.8 Å². The fraction of sp³-hybridized carbons (Fsp3) is 0.853. The van der Waals surface area contributed by atoms with E-state index in [1.807, 2.05) is 0 Å². The minimum Gasteiger partial charge on any atom is -0.463 e. The lowest BCUT2D eigenvalue weighted by molar-refractivity contribution is -0.384. The standard InChI is InChI=1S/C102H182O16/c1-6-11-16-21-26-31-36-41-46-51-56-61-66-71-76-81-91(103)111-86-89-96(108)99(115-94(106)84-79-74-69-64-59-54-49-44-39-34-29-24-19-14-9-4)98(110)101(114-89)118-102(88-113-93(105)83-78-73-68-63-58-53-48-43-38-33-28-23-18-13-8-3)100(116-95(107)85-80-75-70-65-60-55-50-45-40-35-30-25-20-15-10-5)97(109)90(117-102)87-112-92(104)82-77-72-67-62-57-52-47-42-37-32-27-22-17-12-7-2/h41-50,89-90,96-101,108-110H,6-40,51-88H2,1-5H3/b46-41-,47-42-,48-43-,49-44-,50-45-/t89-,90-,96-,97-,98-,99+,100+,101-,102+/m1/s1. The molecule has 0 saturated carbocycles. The fourth-order valence-corrected chi connectivity index (χ4v) is 15.7. The minimum atomic E-state index is -2.45. The third-order valence-corrected chi connectivity index (χ3v) is 23.4. The zero-order valence-corrected chi connectivity index (χ0v) is 76.7. The molecule has 0 aromatic rings. The largest absolute Gasteiger partial charge is 0.463 e. The van der Waals surface area contributed by atoms with Crippen LogP contribution in [0.25, 0.3) is 0 Å². The topological polar surface area (TPSA) is 220 Å². The molecule has 0 radical (unpaired) electrons. The third kappa shape index (κ3) is 62.0. The number of aliphatic hydroxyl groups is 3. The van der Waals surface area contributed by atoms with E-state index in [4.69, 9.17) is 37.9 Å². The van der Waals surface area contributed by atoms with Gasteiger partial charge in [0.15, 0.2) is 18.5 Å². The highest BCUT2D eigenvalue weighted by Gasteiger charge is 2.63. The Labute approximate surface area is 722 Å². The number of carbonyl (C=O) groups excluding carboxylic acids is 5. The third-order valence-electron chi connectivity index (χ3n) is 23.4. The van der Waals surface area contributed by atoms with Crippen LogP contribution in [0.1, 0.15) is 484 Å². The summed E-state index contributed by atoms with van der Waals surface area (Å²) in [5.74, 6) is -5.49. The molecule has 2 aliphatic rings. The first-order valence-corrected chi connectivity index (χ1v) is 50.0. The lowest BCUT2D eigenvalue weighted by Crippen LogP contribution is -2.64. The van der Waals surface area contributed by atoms with Crippen molar-refractivity contribution in [3.63, 3.8) is 0 Å². The van der Waals surface area contributed by atoms with E-state index in [2.05, 4.69) is 95.4 Å². The van der Waals surface area contributed by atoms with Gasteiger partial charge in [0.25, 0.3) is 0 Å². The molecule has 118 heavy (non-hydrogen) atoms. The molecule has 2 aliphatic heterocycles. The Bertz CT molecular complexity index is 2480. The molecule has 0 amide bonds. The first kappa shape index (κ1) is 110. The predicted molar refractivity (Wildman–Crippen MR) is 485 cm³/mol. The molecule has 9 atom stereocenters. The van der Waals surface area contributed by atoms with Gasteiger partial charge < -0.3 is 53.2 Å². The van der Waals surface area contributed by atoms with Crippen LogP contribution in [0, 0.1) is 0 Å². The first-order chi connectivity index (χ1) is 57.9. The van der Waals surface area contributed by atoms with Crippen molar-refractivity contribution in [2.45, 2.75) is 539 Å². The number of allylic oxidation sites excluding steroid dienone is 10. The van der Waals surface area contributed by atoms with Gasteiger partial charge in [-0.25, -0.2) is 0 Å². The number of aliphatic hydroxyl groups excluding tert-OH is 3. The quantitative estimate of drug-likeness (QED) is 0.0223. The van der Waals surface area contributed by atoms with Crippen molar-refractivity contribution >= 4 is 29.8 Å². The van der Waals surface area contributed by atoms with Crippen LogP contribution >= 0.6 is 0 Å². The van der Waals surface area contributed by atoms with Crippen molar-refractivity contribution in [3.8, 4) is 0 Å². The number of hydrogen-bond acceptors (Lipinski definition) is 16. The van der Waals surface area contributed by atoms with Gasteiger partial charge >= 0.3 is 29.8 Å². The molecule has 0 aromatic carbocycles. The summed E-state index contributed by atoms with van der Waals surface area (Å²) in [7, 11) is 0. The molecule has 3 N–H and O–H groups in total. The summed E-state index contributed by atoms with van der Waals surface area (Å²) in [6.45, 7) is 9.40. The van der Waals surface area contributed by atoms with Crippen molar-refractivity contribution in [1.82, 2.24) is 0 Å². The molecule has 2 rings (SSSR count). The Balaban J connectivity index is 2.45. The van der Waals surface area contributed by atoms with Gasteiger partial charge in [-0.15, -0.1) is 0 Å². The summed E-state index contributed by atoms with van der Waals surface area (Å²) >= 11 is 0. The summed E-state index contributed by atoms with van der Waals surface area (Å²) in [5, 5.41) is 37.2. The monoisotopic (exact) mass is 1660 g/mol. The fourth-order valence-electron chi connectivity index (χ4n) is 15.7. The molecule has 0 unspecified atom stereocenters. The van der Waals surface area contributed by atoms with Gasteiger partial charge in [0.2, 0.25) is 5.79 Å². The van der Waals surface area contributed by atoms with Crippen molar-refractivity contribution in [1.29, 1.82) is 0 Å². The second kappa shape index (κ2) is 81.2. The zero-order chi connectivity index (χ0) is 85.4. The molecule has 16 nitrogen and oxygen atoms in total. The first-order valence-electron chi connectivity index (χ1n) is 50.0. The molecule has 0 spiro atoms. The van der Waals surface area contributed by atoms with Crippen LogP contribution in [0.5, 0.6) is 0 Å². The molecule has 16 heteroatoms. The predicted octanol–water partition coefficient (Wildman–Crippen LogP) is 27.5. The maximum atomic E-state index is 14.3. The van der Waals surface area contributed by atoms with Crippen LogP contribution < -0.4 is 0 Å². The van der Waals surface area contributed by atoms with E-state index in [1.165, 1.54) is 193 Å². The number of rotatable bonds is 85. The summed E-state index contributed by atoms with van der Waals surface area (Å²) < 4.78 is 49.9. The molecule has 0 bridgehead atoms. The zero-order valence-electron chi connectivity index (χ0n) is 76.7. The maximum Gasteiger partial charge on any atom is 0.306 e. The highest BCUT2D eigenvalue weighted by atomic mass is 16.8. The second-order valence-corrected chi connectivity index (χ2v) is 34.7. The van der Waals surface area contributed by atoms with Gasteiger partial charge in [-0.05, 0) is 161 Å². The van der Waals surface area contributed by atoms with Crippen molar-refractivity contribution < 1.29 is 77.2 Å². The van der Waals surface area contributed by atoms with Gasteiger partial charge in [-0.1, -0.05) is 352 Å². The Kier molecular flexibility index (Phi) is 75.6. The van der Waals surface area contributed by atoms with Crippen molar-refractivity contribution in [2.24, 2.45) is 0 Å². The SMILES string of the molecule is CCCCCCCC/C=C\CCCCCCCC(=O)OC[C@H]1O[C@@](COC(=O)CCCCCCC/C=C\CCCCCCCC)(O[C@H]2O[C@H](COC(=O)CCCCCCC/C=C\CCCCCCCC)[C@@H](O)[C@H](OC(=O)CCCCCCC/C=C\CCCCCCCC)[C@H]2O)[C@@H](OC(=O)CCCCCCC/C=C\CCCCCCCC)[C@@H]1O. The van der Waals surface area contributed by atoms with E-state index < -0.39 is 104 Å². The molecular weight excluding hydrogens is 1480 g/mol. The number of esters is 5. The number of unbranched alkanes of at least 4 members (excludes halogenated alkanes) is 55. The van der Waals surface area contributed by atoms with Crippen LogP contribution in [0.2, 0.25) is 0 Å². The van der Waals surface area contributed by atoms with E-state index in [0.29, 0.717) is 32.1 Å². The van der Waals surface area contributed by atoms with E-state index >= 15 is 0 Å². The molecule has 2 heterocycles. The van der Waals surface area contributed by atoms with Crippen LogP contribution in [0.4, 0.5) is 0 Å². The van der Waals surface area contributed by atoms with Gasteiger partial charge in [0.05, 0.1) is 0 Å². The minimum absolute atomic E-state index is 0.00559. The van der Waals surface area contributed by atoms with E-state index in [1.54, 1.807) is 0 Å². The molecule has 2 saturated heterocycles. The Morgan fingerprint density at radius 2 is 0.508 bits per heavy atom. The average Bonchev–Trinajstić information content (AvgIpc) is 1.61. The molecule has 0 aromatic heterocycles. The molecular formula is C102H182O16. The van der Waals surface area contributed by atoms with Crippen LogP contribution in [0.3, 0.4) is 0 Å². The van der Waals surface area contributed by atoms with Gasteiger partial charge in [-0.3, -0.25) is 24.0 Å². The molecule has 686 valence electrons. The highest BCUT2D eigenvalue weighted by Crippen LogP contribution is 2.40. The number of ether oxygens (including phenoxy) is 8. The average molecular weight is 1660 g/mol. The van der Waals surface area contributed by atoms with Gasteiger partial charge in [-0.2, -0.15) is 0 Å². The molecule has 0 aliphatic carbocycles. The lowest BCUT2D eigenvalue weighted by atomic mass is 9.98. The van der Waals surface area contributed by atoms with E-state index in [-0.39, 0.29) is 32.1 Å². The smallest absolute Gasteiger partial charge is 0.306 e. The van der Waals surface area contributed by atoms with Crippen LogP contribution in [-0.2, 0) is 61.9 Å². The van der Waals surface area contributed by atoms with Crippen molar-refractivity contribution in [2.75, 3.05) is 19.8 Å². The summed E-state index contributed by atoms with van der Waals surface area (Å²) in [5.41, 5.74) is 0.